The Morgan fingerprint density at radius 3 is 2.67 bits per heavy atom. The van der Waals surface area contributed by atoms with E-state index in [0.29, 0.717) is 18.8 Å². The largest absolute Gasteiger partial charge is 0.381 e. The summed E-state index contributed by atoms with van der Waals surface area (Å²) in [6.45, 7) is 5.51. The van der Waals surface area contributed by atoms with Crippen molar-refractivity contribution >= 4 is 21.8 Å². The third kappa shape index (κ3) is 3.12. The van der Waals surface area contributed by atoms with Gasteiger partial charge in [-0.25, -0.2) is 0 Å². The first-order valence-corrected chi connectivity index (χ1v) is 6.96. The van der Waals surface area contributed by atoms with E-state index in [9.17, 15) is 4.79 Å². The maximum atomic E-state index is 12.3. The zero-order chi connectivity index (χ0) is 13.2. The summed E-state index contributed by atoms with van der Waals surface area (Å²) in [7, 11) is 0. The SMILES string of the molecule is Cc1ccc(C(=O)NC2(C)CCOCC2)c(Br)c1. The maximum absolute atomic E-state index is 12.3. The number of ether oxygens (including phenoxy) is 1. The molecule has 1 fully saturated rings. The molecule has 0 unspecified atom stereocenters. The van der Waals surface area contributed by atoms with Crippen LogP contribution in [-0.2, 0) is 4.74 Å². The number of nitrogens with one attached hydrogen (secondary N) is 1. The van der Waals surface area contributed by atoms with E-state index in [0.717, 1.165) is 22.9 Å². The minimum absolute atomic E-state index is 0.0220. The van der Waals surface area contributed by atoms with Gasteiger partial charge in [0.05, 0.1) is 5.56 Å². The molecule has 2 rings (SSSR count). The molecule has 3 nitrogen and oxygen atoms in total. The molecule has 1 amide bonds. The van der Waals surface area contributed by atoms with Crippen LogP contribution in [0.25, 0.3) is 0 Å². The molecule has 0 aliphatic carbocycles. The molecule has 1 aromatic rings. The Bertz CT molecular complexity index is 453. The van der Waals surface area contributed by atoms with E-state index in [-0.39, 0.29) is 11.4 Å². The number of amides is 1. The fourth-order valence-electron chi connectivity index (χ4n) is 2.09. The van der Waals surface area contributed by atoms with Gasteiger partial charge in [0, 0.05) is 23.2 Å². The molecule has 1 aromatic carbocycles. The number of hydrogen-bond acceptors (Lipinski definition) is 2. The van der Waals surface area contributed by atoms with Crippen molar-refractivity contribution in [3.05, 3.63) is 33.8 Å². The topological polar surface area (TPSA) is 38.3 Å². The Kier molecular flexibility index (Phi) is 4.07. The molecule has 0 aromatic heterocycles. The van der Waals surface area contributed by atoms with Crippen molar-refractivity contribution < 1.29 is 9.53 Å². The van der Waals surface area contributed by atoms with Crippen LogP contribution in [0.2, 0.25) is 0 Å². The lowest BCUT2D eigenvalue weighted by atomic mass is 9.92. The molecule has 0 radical (unpaired) electrons. The monoisotopic (exact) mass is 311 g/mol. The zero-order valence-electron chi connectivity index (χ0n) is 10.8. The van der Waals surface area contributed by atoms with Crippen LogP contribution in [0.15, 0.2) is 22.7 Å². The minimum atomic E-state index is -0.153. The summed E-state index contributed by atoms with van der Waals surface area (Å²) in [5.41, 5.74) is 1.67. The van der Waals surface area contributed by atoms with E-state index in [2.05, 4.69) is 28.2 Å². The van der Waals surface area contributed by atoms with Gasteiger partial charge in [-0.05, 0) is 60.3 Å². The van der Waals surface area contributed by atoms with E-state index in [1.807, 2.05) is 25.1 Å². The summed E-state index contributed by atoms with van der Waals surface area (Å²) in [5, 5.41) is 3.12. The number of carbonyl (C=O) groups excluding carboxylic acids is 1. The first kappa shape index (κ1) is 13.6. The van der Waals surface area contributed by atoms with Crippen LogP contribution in [-0.4, -0.2) is 24.7 Å². The van der Waals surface area contributed by atoms with Gasteiger partial charge in [-0.3, -0.25) is 4.79 Å². The third-order valence-corrected chi connectivity index (χ3v) is 4.04. The van der Waals surface area contributed by atoms with Crippen LogP contribution in [0.3, 0.4) is 0 Å². The van der Waals surface area contributed by atoms with Crippen LogP contribution >= 0.6 is 15.9 Å². The van der Waals surface area contributed by atoms with Gasteiger partial charge in [-0.15, -0.1) is 0 Å². The lowest BCUT2D eigenvalue weighted by Gasteiger charge is -2.34. The normalized spacial score (nSPS) is 18.4. The van der Waals surface area contributed by atoms with Crippen molar-refractivity contribution in [2.45, 2.75) is 32.2 Å². The molecule has 98 valence electrons. The summed E-state index contributed by atoms with van der Waals surface area (Å²) in [4.78, 5) is 12.3. The van der Waals surface area contributed by atoms with E-state index >= 15 is 0 Å². The van der Waals surface area contributed by atoms with Crippen LogP contribution in [0.5, 0.6) is 0 Å². The highest BCUT2D eigenvalue weighted by atomic mass is 79.9. The van der Waals surface area contributed by atoms with Crippen LogP contribution < -0.4 is 5.32 Å². The molecule has 1 aliphatic heterocycles. The molecular weight excluding hydrogens is 294 g/mol. The van der Waals surface area contributed by atoms with Gasteiger partial charge in [0.1, 0.15) is 0 Å². The number of hydrogen-bond donors (Lipinski definition) is 1. The summed E-state index contributed by atoms with van der Waals surface area (Å²) >= 11 is 3.44. The van der Waals surface area contributed by atoms with E-state index < -0.39 is 0 Å². The Balaban J connectivity index is 2.11. The molecule has 0 atom stereocenters. The second-order valence-electron chi connectivity index (χ2n) is 5.11. The van der Waals surface area contributed by atoms with Crippen molar-refractivity contribution in [2.75, 3.05) is 13.2 Å². The number of carbonyl (C=O) groups is 1. The highest BCUT2D eigenvalue weighted by molar-refractivity contribution is 9.10. The van der Waals surface area contributed by atoms with Crippen molar-refractivity contribution in [1.82, 2.24) is 5.32 Å². The van der Waals surface area contributed by atoms with Gasteiger partial charge in [0.2, 0.25) is 0 Å². The molecule has 1 heterocycles. The number of halogens is 1. The van der Waals surface area contributed by atoms with Crippen LogP contribution in [0.1, 0.15) is 35.7 Å². The second-order valence-corrected chi connectivity index (χ2v) is 5.96. The molecule has 0 spiro atoms. The van der Waals surface area contributed by atoms with E-state index in [1.165, 1.54) is 0 Å². The fraction of sp³-hybridized carbons (Fsp3) is 0.500. The van der Waals surface area contributed by atoms with Gasteiger partial charge in [0.25, 0.3) is 5.91 Å². The second kappa shape index (κ2) is 5.41. The molecular formula is C14H18BrNO2. The van der Waals surface area contributed by atoms with Crippen molar-refractivity contribution in [3.63, 3.8) is 0 Å². The number of aryl methyl sites for hydroxylation is 1. The van der Waals surface area contributed by atoms with Gasteiger partial charge >= 0.3 is 0 Å². The molecule has 0 saturated carbocycles. The summed E-state index contributed by atoms with van der Waals surface area (Å²) < 4.78 is 6.17. The molecule has 1 N–H and O–H groups in total. The number of rotatable bonds is 2. The van der Waals surface area contributed by atoms with Gasteiger partial charge < -0.3 is 10.1 Å². The Morgan fingerprint density at radius 1 is 1.39 bits per heavy atom. The standard InChI is InChI=1S/C14H18BrNO2/c1-10-3-4-11(12(15)9-10)13(17)16-14(2)5-7-18-8-6-14/h3-4,9H,5-8H2,1-2H3,(H,16,17). The Morgan fingerprint density at radius 2 is 2.06 bits per heavy atom. The summed E-state index contributed by atoms with van der Waals surface area (Å²) in [6.07, 6.45) is 1.73. The van der Waals surface area contributed by atoms with Crippen LogP contribution in [0, 0.1) is 6.92 Å². The van der Waals surface area contributed by atoms with Crippen molar-refractivity contribution in [2.24, 2.45) is 0 Å². The van der Waals surface area contributed by atoms with Crippen molar-refractivity contribution in [3.8, 4) is 0 Å². The molecule has 1 aliphatic rings. The van der Waals surface area contributed by atoms with Gasteiger partial charge in [-0.1, -0.05) is 6.07 Å². The first-order chi connectivity index (χ1) is 8.50. The first-order valence-electron chi connectivity index (χ1n) is 6.17. The quantitative estimate of drug-likeness (QED) is 0.911. The highest BCUT2D eigenvalue weighted by Gasteiger charge is 2.29. The molecule has 0 bridgehead atoms. The smallest absolute Gasteiger partial charge is 0.252 e. The zero-order valence-corrected chi connectivity index (χ0v) is 12.3. The van der Waals surface area contributed by atoms with Crippen molar-refractivity contribution in [1.29, 1.82) is 0 Å². The molecule has 1 saturated heterocycles. The predicted octanol–water partition coefficient (Wildman–Crippen LogP) is 3.06. The minimum Gasteiger partial charge on any atom is -0.381 e. The highest BCUT2D eigenvalue weighted by Crippen LogP contribution is 2.23. The van der Waals surface area contributed by atoms with Crippen LogP contribution in [0.4, 0.5) is 0 Å². The van der Waals surface area contributed by atoms with Gasteiger partial charge in [-0.2, -0.15) is 0 Å². The Labute approximate surface area is 116 Å². The average Bonchev–Trinajstić information content (AvgIpc) is 2.28. The lowest BCUT2D eigenvalue weighted by molar-refractivity contribution is 0.0422. The summed E-state index contributed by atoms with van der Waals surface area (Å²) in [5.74, 6) is -0.0220. The van der Waals surface area contributed by atoms with E-state index in [1.54, 1.807) is 0 Å². The average molecular weight is 312 g/mol. The predicted molar refractivity (Wildman–Crippen MR) is 74.8 cm³/mol. The Hall–Kier alpha value is -0.870. The molecule has 18 heavy (non-hydrogen) atoms. The summed E-state index contributed by atoms with van der Waals surface area (Å²) in [6, 6.07) is 5.77. The fourth-order valence-corrected chi connectivity index (χ4v) is 2.77. The maximum Gasteiger partial charge on any atom is 0.252 e. The van der Waals surface area contributed by atoms with Gasteiger partial charge in [0.15, 0.2) is 0 Å². The molecule has 4 heteroatoms. The van der Waals surface area contributed by atoms with E-state index in [4.69, 9.17) is 4.74 Å². The lowest BCUT2D eigenvalue weighted by Crippen LogP contribution is -2.49. The number of benzene rings is 1. The third-order valence-electron chi connectivity index (χ3n) is 3.38.